The first-order valence-corrected chi connectivity index (χ1v) is 9.34. The predicted molar refractivity (Wildman–Crippen MR) is 85.2 cm³/mol. The first kappa shape index (κ1) is 17.4. The van der Waals surface area contributed by atoms with Crippen LogP contribution in [0.1, 0.15) is 38.6 Å². The second-order valence-corrected chi connectivity index (χ2v) is 8.26. The molecule has 0 amide bonds. The molecule has 2 rings (SSSR count). The van der Waals surface area contributed by atoms with E-state index in [2.05, 4.69) is 23.7 Å². The highest BCUT2D eigenvalue weighted by Gasteiger charge is 2.30. The Morgan fingerprint density at radius 2 is 2.05 bits per heavy atom. The molecule has 1 saturated heterocycles. The fraction of sp³-hybridized carbons (Fsp3) is 0.800. The smallest absolute Gasteiger partial charge is 0.244 e. The molecule has 2 atom stereocenters. The molecule has 22 heavy (non-hydrogen) atoms. The molecule has 126 valence electrons. The Morgan fingerprint density at radius 1 is 1.36 bits per heavy atom. The molecule has 1 aromatic heterocycles. The van der Waals surface area contributed by atoms with Crippen molar-refractivity contribution in [3.05, 3.63) is 11.4 Å². The van der Waals surface area contributed by atoms with Crippen molar-refractivity contribution in [2.75, 3.05) is 13.2 Å². The van der Waals surface area contributed by atoms with Gasteiger partial charge in [-0.3, -0.25) is 4.68 Å². The van der Waals surface area contributed by atoms with Crippen molar-refractivity contribution in [2.45, 2.75) is 58.5 Å². The minimum Gasteiger partial charge on any atom is -0.381 e. The molecule has 2 heterocycles. The van der Waals surface area contributed by atoms with Crippen LogP contribution in [0.3, 0.4) is 0 Å². The molecular formula is C15H27N3O3S. The van der Waals surface area contributed by atoms with Crippen LogP contribution in [-0.4, -0.2) is 37.5 Å². The number of aryl methyl sites for hydroxylation is 1. The highest BCUT2D eigenvalue weighted by atomic mass is 32.2. The Balaban J connectivity index is 2.23. The molecule has 0 aliphatic carbocycles. The summed E-state index contributed by atoms with van der Waals surface area (Å²) in [6.45, 7) is 11.7. The molecule has 0 unspecified atom stereocenters. The molecule has 0 aromatic carbocycles. The van der Waals surface area contributed by atoms with Gasteiger partial charge in [-0.1, -0.05) is 13.8 Å². The van der Waals surface area contributed by atoms with Crippen molar-refractivity contribution in [2.24, 2.45) is 11.8 Å². The van der Waals surface area contributed by atoms with Crippen LogP contribution in [0, 0.1) is 25.7 Å². The maximum atomic E-state index is 12.7. The van der Waals surface area contributed by atoms with Crippen molar-refractivity contribution in [3.8, 4) is 0 Å². The lowest BCUT2D eigenvalue weighted by atomic mass is 10.0. The first-order valence-electron chi connectivity index (χ1n) is 7.86. The van der Waals surface area contributed by atoms with Gasteiger partial charge in [0.25, 0.3) is 0 Å². The number of hydrogen-bond acceptors (Lipinski definition) is 4. The zero-order chi connectivity index (χ0) is 16.5. The van der Waals surface area contributed by atoms with Crippen molar-refractivity contribution >= 4 is 10.0 Å². The zero-order valence-corrected chi connectivity index (χ0v) is 14.9. The molecule has 1 aliphatic rings. The number of sulfonamides is 1. The maximum absolute atomic E-state index is 12.7. The third-order valence-electron chi connectivity index (χ3n) is 4.13. The van der Waals surface area contributed by atoms with Crippen LogP contribution >= 0.6 is 0 Å². The van der Waals surface area contributed by atoms with Crippen LogP contribution in [0.4, 0.5) is 0 Å². The molecule has 0 bridgehead atoms. The Morgan fingerprint density at radius 3 is 2.59 bits per heavy atom. The monoisotopic (exact) mass is 329 g/mol. The highest BCUT2D eigenvalue weighted by molar-refractivity contribution is 7.89. The van der Waals surface area contributed by atoms with E-state index in [1.807, 2.05) is 13.8 Å². The number of rotatable bonds is 6. The lowest BCUT2D eigenvalue weighted by Gasteiger charge is -2.19. The van der Waals surface area contributed by atoms with Gasteiger partial charge >= 0.3 is 0 Å². The fourth-order valence-electron chi connectivity index (χ4n) is 2.94. The van der Waals surface area contributed by atoms with E-state index < -0.39 is 10.0 Å². The van der Waals surface area contributed by atoms with E-state index in [1.165, 1.54) is 0 Å². The third kappa shape index (κ3) is 3.70. The van der Waals surface area contributed by atoms with E-state index in [4.69, 9.17) is 4.74 Å². The van der Waals surface area contributed by atoms with Crippen LogP contribution in [0.5, 0.6) is 0 Å². The number of ether oxygens (including phenoxy) is 1. The summed E-state index contributed by atoms with van der Waals surface area (Å²) in [5.41, 5.74) is 1.26. The Hall–Kier alpha value is -0.920. The van der Waals surface area contributed by atoms with E-state index in [0.717, 1.165) is 6.42 Å². The summed E-state index contributed by atoms with van der Waals surface area (Å²) < 4.78 is 35.4. The lowest BCUT2D eigenvalue weighted by molar-refractivity contribution is 0.180. The summed E-state index contributed by atoms with van der Waals surface area (Å²) in [4.78, 5) is 0.318. The number of nitrogens with one attached hydrogen (secondary N) is 1. The summed E-state index contributed by atoms with van der Waals surface area (Å²) in [6, 6.07) is -0.139. The molecule has 1 fully saturated rings. The van der Waals surface area contributed by atoms with Crippen LogP contribution in [0.15, 0.2) is 4.90 Å². The molecule has 0 radical (unpaired) electrons. The average Bonchev–Trinajstić information content (AvgIpc) is 2.97. The van der Waals surface area contributed by atoms with E-state index in [0.29, 0.717) is 42.0 Å². The van der Waals surface area contributed by atoms with Crippen LogP contribution in [0.25, 0.3) is 0 Å². The maximum Gasteiger partial charge on any atom is 0.244 e. The lowest BCUT2D eigenvalue weighted by Crippen LogP contribution is -2.38. The summed E-state index contributed by atoms with van der Waals surface area (Å²) in [5, 5.41) is 4.39. The van der Waals surface area contributed by atoms with Gasteiger partial charge < -0.3 is 4.74 Å². The van der Waals surface area contributed by atoms with Crippen LogP contribution < -0.4 is 4.72 Å². The van der Waals surface area contributed by atoms with Crippen molar-refractivity contribution < 1.29 is 13.2 Å². The number of aromatic nitrogens is 2. The number of hydrogen-bond donors (Lipinski definition) is 1. The van der Waals surface area contributed by atoms with E-state index in [9.17, 15) is 8.42 Å². The van der Waals surface area contributed by atoms with Gasteiger partial charge in [0.05, 0.1) is 18.0 Å². The Labute approximate surface area is 133 Å². The summed E-state index contributed by atoms with van der Waals surface area (Å²) in [5.74, 6) is 0.650. The van der Waals surface area contributed by atoms with Crippen LogP contribution in [0.2, 0.25) is 0 Å². The molecule has 1 N–H and O–H groups in total. The van der Waals surface area contributed by atoms with Crippen molar-refractivity contribution in [3.63, 3.8) is 0 Å². The topological polar surface area (TPSA) is 73.2 Å². The third-order valence-corrected chi connectivity index (χ3v) is 5.95. The quantitative estimate of drug-likeness (QED) is 0.864. The van der Waals surface area contributed by atoms with E-state index in [-0.39, 0.29) is 12.0 Å². The fourth-order valence-corrected chi connectivity index (χ4v) is 4.66. The van der Waals surface area contributed by atoms with Gasteiger partial charge in [0.15, 0.2) is 0 Å². The van der Waals surface area contributed by atoms with E-state index in [1.54, 1.807) is 11.6 Å². The highest BCUT2D eigenvalue weighted by Crippen LogP contribution is 2.23. The number of nitrogens with zero attached hydrogens (tertiary/aromatic N) is 2. The van der Waals surface area contributed by atoms with Gasteiger partial charge in [-0.25, -0.2) is 13.1 Å². The van der Waals surface area contributed by atoms with Gasteiger partial charge in [0, 0.05) is 25.1 Å². The largest absolute Gasteiger partial charge is 0.381 e. The average molecular weight is 329 g/mol. The molecular weight excluding hydrogens is 302 g/mol. The Kier molecular flexibility index (Phi) is 5.29. The standard InChI is InChI=1S/C15H27N3O3S/c1-10(2)8-18-13(5)15(12(4)16-18)22(19,20)17-11(3)14-6-7-21-9-14/h10-11,14,17H,6-9H2,1-5H3/t11-,14-/m1/s1. The normalized spacial score (nSPS) is 20.7. The Bertz CT molecular complexity index is 616. The van der Waals surface area contributed by atoms with E-state index >= 15 is 0 Å². The van der Waals surface area contributed by atoms with Gasteiger partial charge in [-0.05, 0) is 33.1 Å². The first-order chi connectivity index (χ1) is 10.2. The molecule has 0 spiro atoms. The van der Waals surface area contributed by atoms with Gasteiger partial charge in [-0.15, -0.1) is 0 Å². The second kappa shape index (κ2) is 6.68. The minimum absolute atomic E-state index is 0.139. The summed E-state index contributed by atoms with van der Waals surface area (Å²) in [6.07, 6.45) is 0.897. The second-order valence-electron chi connectivity index (χ2n) is 6.61. The summed E-state index contributed by atoms with van der Waals surface area (Å²) in [7, 11) is -3.56. The predicted octanol–water partition coefficient (Wildman–Crippen LogP) is 1.86. The van der Waals surface area contributed by atoms with Gasteiger partial charge in [0.2, 0.25) is 10.0 Å². The van der Waals surface area contributed by atoms with Crippen molar-refractivity contribution in [1.82, 2.24) is 14.5 Å². The zero-order valence-electron chi connectivity index (χ0n) is 14.1. The summed E-state index contributed by atoms with van der Waals surface area (Å²) >= 11 is 0. The molecule has 7 heteroatoms. The molecule has 0 saturated carbocycles. The van der Waals surface area contributed by atoms with Gasteiger partial charge in [-0.2, -0.15) is 5.10 Å². The van der Waals surface area contributed by atoms with Gasteiger partial charge in [0.1, 0.15) is 4.90 Å². The molecule has 6 nitrogen and oxygen atoms in total. The molecule has 1 aromatic rings. The minimum atomic E-state index is -3.56. The molecule has 1 aliphatic heterocycles. The van der Waals surface area contributed by atoms with Crippen molar-refractivity contribution in [1.29, 1.82) is 0 Å². The van der Waals surface area contributed by atoms with Crippen LogP contribution in [-0.2, 0) is 21.3 Å². The SMILES string of the molecule is Cc1nn(CC(C)C)c(C)c1S(=O)(=O)N[C@H](C)[C@@H]1CCOC1.